The Balaban J connectivity index is 0.00000225. The number of aromatic nitrogens is 1. The lowest BCUT2D eigenvalue weighted by molar-refractivity contribution is -0.133. The molecule has 1 aliphatic heterocycles. The summed E-state index contributed by atoms with van der Waals surface area (Å²) in [5.41, 5.74) is 2.35. The molecule has 1 aromatic heterocycles. The maximum absolute atomic E-state index is 13.0. The van der Waals surface area contributed by atoms with E-state index in [0.29, 0.717) is 0 Å². The zero-order valence-corrected chi connectivity index (χ0v) is 15.9. The van der Waals surface area contributed by atoms with Crippen molar-refractivity contribution in [3.8, 4) is 0 Å². The molecule has 134 valence electrons. The third kappa shape index (κ3) is 5.21. The van der Waals surface area contributed by atoms with Crippen LogP contribution >= 0.6 is 24.2 Å². The summed E-state index contributed by atoms with van der Waals surface area (Å²) in [4.78, 5) is 19.2. The first-order valence-electron chi connectivity index (χ1n) is 8.32. The van der Waals surface area contributed by atoms with Gasteiger partial charge in [-0.2, -0.15) is 0 Å². The van der Waals surface area contributed by atoms with Gasteiger partial charge in [-0.15, -0.1) is 24.2 Å². The highest BCUT2D eigenvalue weighted by molar-refractivity contribution is 7.99. The number of benzene rings is 1. The van der Waals surface area contributed by atoms with Crippen LogP contribution in [-0.4, -0.2) is 40.7 Å². The van der Waals surface area contributed by atoms with Crippen LogP contribution in [0, 0.1) is 0 Å². The van der Waals surface area contributed by atoms with E-state index in [-0.39, 0.29) is 29.6 Å². The number of carbonyl (C=O) groups excluding carboxylic acids is 1. The molecule has 2 heterocycles. The monoisotopic (exact) mass is 377 g/mol. The fourth-order valence-corrected chi connectivity index (χ4v) is 3.85. The van der Waals surface area contributed by atoms with Crippen LogP contribution in [0.4, 0.5) is 0 Å². The van der Waals surface area contributed by atoms with Crippen molar-refractivity contribution in [2.24, 2.45) is 0 Å². The molecule has 0 bridgehead atoms. The number of nitrogens with zero attached hydrogens (tertiary/aromatic N) is 2. The maximum atomic E-state index is 13.0. The molecule has 6 heteroatoms. The van der Waals surface area contributed by atoms with Crippen LogP contribution in [0.3, 0.4) is 0 Å². The number of pyridine rings is 1. The van der Waals surface area contributed by atoms with Crippen LogP contribution in [0.2, 0.25) is 0 Å². The van der Waals surface area contributed by atoms with Gasteiger partial charge in [0.15, 0.2) is 0 Å². The lowest BCUT2D eigenvalue weighted by Gasteiger charge is -2.37. The molecule has 1 aliphatic rings. The van der Waals surface area contributed by atoms with Gasteiger partial charge >= 0.3 is 0 Å². The van der Waals surface area contributed by atoms with Crippen LogP contribution in [0.25, 0.3) is 0 Å². The first-order chi connectivity index (χ1) is 11.8. The average molecular weight is 378 g/mol. The van der Waals surface area contributed by atoms with E-state index < -0.39 is 0 Å². The summed E-state index contributed by atoms with van der Waals surface area (Å²) in [7, 11) is 0. The van der Waals surface area contributed by atoms with Gasteiger partial charge in [0.25, 0.3) is 0 Å². The van der Waals surface area contributed by atoms with E-state index in [9.17, 15) is 4.79 Å². The Bertz CT molecular complexity index is 656. The summed E-state index contributed by atoms with van der Waals surface area (Å²) in [6, 6.07) is 14.4. The van der Waals surface area contributed by atoms with Crippen LogP contribution < -0.4 is 5.32 Å². The highest BCUT2D eigenvalue weighted by Gasteiger charge is 2.30. The molecule has 4 nitrogen and oxygen atoms in total. The minimum atomic E-state index is -0.0533. The Labute approximate surface area is 159 Å². The smallest absolute Gasteiger partial charge is 0.236 e. The number of halogens is 1. The molecule has 1 aromatic carbocycles. The van der Waals surface area contributed by atoms with E-state index in [0.717, 1.165) is 31.0 Å². The Morgan fingerprint density at radius 3 is 2.84 bits per heavy atom. The molecule has 2 unspecified atom stereocenters. The second-order valence-corrected chi connectivity index (χ2v) is 7.31. The molecular weight excluding hydrogens is 354 g/mol. The van der Waals surface area contributed by atoms with Gasteiger partial charge in [0.05, 0.1) is 11.3 Å². The van der Waals surface area contributed by atoms with E-state index in [1.165, 1.54) is 5.56 Å². The van der Waals surface area contributed by atoms with E-state index in [4.69, 9.17) is 0 Å². The molecule has 25 heavy (non-hydrogen) atoms. The summed E-state index contributed by atoms with van der Waals surface area (Å²) >= 11 is 1.70. The van der Waals surface area contributed by atoms with Crippen LogP contribution in [0.5, 0.6) is 0 Å². The van der Waals surface area contributed by atoms with E-state index >= 15 is 0 Å². The van der Waals surface area contributed by atoms with Crippen molar-refractivity contribution >= 4 is 30.1 Å². The second kappa shape index (κ2) is 9.80. The molecule has 1 N–H and O–H groups in total. The summed E-state index contributed by atoms with van der Waals surface area (Å²) in [6.07, 6.45) is 3.63. The Morgan fingerprint density at radius 2 is 2.12 bits per heavy atom. The first-order valence-corrected chi connectivity index (χ1v) is 9.37. The molecule has 1 saturated heterocycles. The van der Waals surface area contributed by atoms with Crippen molar-refractivity contribution in [1.82, 2.24) is 15.2 Å². The van der Waals surface area contributed by atoms with Gasteiger partial charge in [0, 0.05) is 37.8 Å². The summed E-state index contributed by atoms with van der Waals surface area (Å²) < 4.78 is 0. The van der Waals surface area contributed by atoms with Crippen LogP contribution in [0.1, 0.15) is 24.1 Å². The van der Waals surface area contributed by atoms with Crippen LogP contribution in [0.15, 0.2) is 54.9 Å². The van der Waals surface area contributed by atoms with E-state index in [1.54, 1.807) is 18.0 Å². The Kier molecular flexibility index (Phi) is 7.75. The van der Waals surface area contributed by atoms with Gasteiger partial charge in [-0.3, -0.25) is 9.78 Å². The predicted molar refractivity (Wildman–Crippen MR) is 106 cm³/mol. The number of hydrogen-bond donors (Lipinski definition) is 1. The molecule has 1 fully saturated rings. The SMILES string of the molecule is CC(SCc1ccccc1)C(=O)N1CCNCC1c1cccnc1.Cl. The normalized spacial score (nSPS) is 18.3. The van der Waals surface area contributed by atoms with Gasteiger partial charge in [0.1, 0.15) is 0 Å². The zero-order valence-electron chi connectivity index (χ0n) is 14.3. The average Bonchev–Trinajstić information content (AvgIpc) is 2.67. The minimum Gasteiger partial charge on any atom is -0.332 e. The lowest BCUT2D eigenvalue weighted by Crippen LogP contribution is -2.50. The molecular formula is C19H24ClN3OS. The fourth-order valence-electron chi connectivity index (χ4n) is 2.94. The highest BCUT2D eigenvalue weighted by atomic mass is 35.5. The summed E-state index contributed by atoms with van der Waals surface area (Å²) in [6.45, 7) is 4.39. The molecule has 1 amide bonds. The fraction of sp³-hybridized carbons (Fsp3) is 0.368. The summed E-state index contributed by atoms with van der Waals surface area (Å²) in [5, 5.41) is 3.33. The number of hydrogen-bond acceptors (Lipinski definition) is 4. The van der Waals surface area contributed by atoms with Crippen LogP contribution in [-0.2, 0) is 10.5 Å². The Morgan fingerprint density at radius 1 is 1.32 bits per heavy atom. The van der Waals surface area contributed by atoms with Crippen molar-refractivity contribution in [3.63, 3.8) is 0 Å². The molecule has 0 radical (unpaired) electrons. The number of thioether (sulfide) groups is 1. The number of amides is 1. The quantitative estimate of drug-likeness (QED) is 0.868. The molecule has 3 rings (SSSR count). The van der Waals surface area contributed by atoms with E-state index in [2.05, 4.69) is 22.4 Å². The van der Waals surface area contributed by atoms with Gasteiger partial charge < -0.3 is 10.2 Å². The molecule has 0 saturated carbocycles. The van der Waals surface area contributed by atoms with Gasteiger partial charge in [-0.05, 0) is 24.1 Å². The third-order valence-electron chi connectivity index (χ3n) is 4.29. The van der Waals surface area contributed by atoms with E-state index in [1.807, 2.05) is 48.4 Å². The lowest BCUT2D eigenvalue weighted by atomic mass is 10.0. The number of carbonyl (C=O) groups is 1. The largest absolute Gasteiger partial charge is 0.332 e. The molecule has 0 spiro atoms. The molecule has 2 atom stereocenters. The second-order valence-electron chi connectivity index (χ2n) is 5.98. The predicted octanol–water partition coefficient (Wildman–Crippen LogP) is 3.30. The first kappa shape index (κ1) is 19.8. The van der Waals surface area contributed by atoms with Crippen molar-refractivity contribution in [2.45, 2.75) is 24.0 Å². The van der Waals surface area contributed by atoms with Gasteiger partial charge in [-0.25, -0.2) is 0 Å². The molecule has 0 aliphatic carbocycles. The minimum absolute atomic E-state index is 0. The van der Waals surface area contributed by atoms with Crippen molar-refractivity contribution in [1.29, 1.82) is 0 Å². The standard InChI is InChI=1S/C19H23N3OS.ClH/c1-15(24-14-16-6-3-2-4-7-16)19(23)22-11-10-21-13-18(22)17-8-5-9-20-12-17;/h2-9,12,15,18,21H,10-11,13-14H2,1H3;1H. The number of rotatable bonds is 5. The molecule has 2 aromatic rings. The van der Waals surface area contributed by atoms with Crippen molar-refractivity contribution in [3.05, 3.63) is 66.0 Å². The third-order valence-corrected chi connectivity index (χ3v) is 5.49. The zero-order chi connectivity index (χ0) is 16.8. The summed E-state index contributed by atoms with van der Waals surface area (Å²) in [5.74, 6) is 1.07. The highest BCUT2D eigenvalue weighted by Crippen LogP contribution is 2.26. The van der Waals surface area contributed by atoms with Crippen molar-refractivity contribution in [2.75, 3.05) is 19.6 Å². The van der Waals surface area contributed by atoms with Crippen molar-refractivity contribution < 1.29 is 4.79 Å². The van der Waals surface area contributed by atoms with Gasteiger partial charge in [0.2, 0.25) is 5.91 Å². The Hall–Kier alpha value is -1.56. The number of piperazine rings is 1. The van der Waals surface area contributed by atoms with Gasteiger partial charge in [-0.1, -0.05) is 36.4 Å². The maximum Gasteiger partial charge on any atom is 0.236 e. The topological polar surface area (TPSA) is 45.2 Å². The number of nitrogens with one attached hydrogen (secondary N) is 1.